The quantitative estimate of drug-likeness (QED) is 0.651. The van der Waals surface area contributed by atoms with E-state index in [4.69, 9.17) is 4.74 Å². The number of carbonyl (C=O) groups is 2. The number of carbonyl (C=O) groups excluding carboxylic acids is 2. The minimum atomic E-state index is -3.45. The van der Waals surface area contributed by atoms with Crippen LogP contribution in [0.4, 0.5) is 11.4 Å². The molecule has 0 unspecified atom stereocenters. The standard InChI is InChI=1S/C19H23N3O5S/c1-22(28(3,25)26)15-8-6-7-14(13-15)18(23)21-17-10-5-4-9-16(17)19(24)20-11-12-27-2/h4-10,13H,11-12H2,1-3H3,(H,20,24)(H,21,23). The van der Waals surface area contributed by atoms with E-state index in [1.54, 1.807) is 42.5 Å². The Morgan fingerprint density at radius 2 is 1.79 bits per heavy atom. The van der Waals surface area contributed by atoms with Crippen molar-refractivity contribution in [2.45, 2.75) is 0 Å². The second-order valence-electron chi connectivity index (χ2n) is 6.03. The molecule has 0 fully saturated rings. The normalized spacial score (nSPS) is 11.0. The van der Waals surface area contributed by atoms with Crippen LogP contribution in [0, 0.1) is 0 Å². The minimum absolute atomic E-state index is 0.266. The summed E-state index contributed by atoms with van der Waals surface area (Å²) in [7, 11) is -0.502. The molecule has 150 valence electrons. The predicted molar refractivity (Wildman–Crippen MR) is 108 cm³/mol. The fraction of sp³-hybridized carbons (Fsp3) is 0.263. The van der Waals surface area contributed by atoms with E-state index in [9.17, 15) is 18.0 Å². The lowest BCUT2D eigenvalue weighted by molar-refractivity contribution is 0.0938. The molecule has 2 aromatic rings. The number of hydrogen-bond acceptors (Lipinski definition) is 5. The molecule has 0 saturated carbocycles. The molecule has 2 amide bonds. The fourth-order valence-electron chi connectivity index (χ4n) is 2.38. The Hall–Kier alpha value is -2.91. The monoisotopic (exact) mass is 405 g/mol. The fourth-order valence-corrected chi connectivity index (χ4v) is 2.88. The van der Waals surface area contributed by atoms with Crippen LogP contribution in [0.5, 0.6) is 0 Å². The van der Waals surface area contributed by atoms with Crippen molar-refractivity contribution in [1.29, 1.82) is 0 Å². The Balaban J connectivity index is 2.21. The van der Waals surface area contributed by atoms with Gasteiger partial charge in [-0.1, -0.05) is 18.2 Å². The van der Waals surface area contributed by atoms with Crippen LogP contribution in [0.1, 0.15) is 20.7 Å². The molecular weight excluding hydrogens is 382 g/mol. The second kappa shape index (κ2) is 9.34. The molecular formula is C19H23N3O5S. The van der Waals surface area contributed by atoms with Gasteiger partial charge in [0.25, 0.3) is 11.8 Å². The summed E-state index contributed by atoms with van der Waals surface area (Å²) in [5, 5.41) is 5.41. The maximum Gasteiger partial charge on any atom is 0.255 e. The number of anilines is 2. The predicted octanol–water partition coefficient (Wildman–Crippen LogP) is 1.71. The molecule has 0 saturated heterocycles. The number of methoxy groups -OCH3 is 1. The number of nitrogens with one attached hydrogen (secondary N) is 2. The molecule has 28 heavy (non-hydrogen) atoms. The lowest BCUT2D eigenvalue weighted by Gasteiger charge is -2.17. The third kappa shape index (κ3) is 5.54. The number of hydrogen-bond donors (Lipinski definition) is 2. The summed E-state index contributed by atoms with van der Waals surface area (Å²) in [4.78, 5) is 25.0. The molecule has 0 atom stereocenters. The van der Waals surface area contributed by atoms with E-state index >= 15 is 0 Å². The number of benzene rings is 2. The van der Waals surface area contributed by atoms with Gasteiger partial charge in [-0.05, 0) is 30.3 Å². The molecule has 0 aliphatic heterocycles. The van der Waals surface area contributed by atoms with Crippen molar-refractivity contribution in [2.24, 2.45) is 0 Å². The number of para-hydroxylation sites is 1. The minimum Gasteiger partial charge on any atom is -0.383 e. The van der Waals surface area contributed by atoms with Crippen molar-refractivity contribution in [3.05, 3.63) is 59.7 Å². The molecule has 0 bridgehead atoms. The van der Waals surface area contributed by atoms with Gasteiger partial charge >= 0.3 is 0 Å². The third-order valence-corrected chi connectivity index (χ3v) is 5.19. The van der Waals surface area contributed by atoms with E-state index in [2.05, 4.69) is 10.6 Å². The summed E-state index contributed by atoms with van der Waals surface area (Å²) in [5.74, 6) is -0.792. The molecule has 0 spiro atoms. The molecule has 2 rings (SSSR count). The molecule has 0 aliphatic rings. The van der Waals surface area contributed by atoms with Crippen LogP contribution in [-0.2, 0) is 14.8 Å². The highest BCUT2D eigenvalue weighted by atomic mass is 32.2. The first-order valence-electron chi connectivity index (χ1n) is 8.45. The van der Waals surface area contributed by atoms with Gasteiger partial charge in [0.2, 0.25) is 10.0 Å². The summed E-state index contributed by atoms with van der Waals surface area (Å²) >= 11 is 0. The lowest BCUT2D eigenvalue weighted by atomic mass is 10.1. The maximum absolute atomic E-state index is 12.6. The smallest absolute Gasteiger partial charge is 0.255 e. The van der Waals surface area contributed by atoms with Crippen molar-refractivity contribution < 1.29 is 22.7 Å². The maximum atomic E-state index is 12.6. The molecule has 9 heteroatoms. The lowest BCUT2D eigenvalue weighted by Crippen LogP contribution is -2.28. The van der Waals surface area contributed by atoms with E-state index in [0.29, 0.717) is 30.1 Å². The van der Waals surface area contributed by atoms with Crippen LogP contribution in [0.25, 0.3) is 0 Å². The Kier molecular flexibility index (Phi) is 7.13. The molecule has 0 radical (unpaired) electrons. The average molecular weight is 405 g/mol. The molecule has 8 nitrogen and oxygen atoms in total. The molecule has 2 N–H and O–H groups in total. The molecule has 0 aliphatic carbocycles. The van der Waals surface area contributed by atoms with Gasteiger partial charge in [0.1, 0.15) is 0 Å². The number of nitrogens with zero attached hydrogens (tertiary/aromatic N) is 1. The van der Waals surface area contributed by atoms with Crippen molar-refractivity contribution >= 4 is 33.2 Å². The summed E-state index contributed by atoms with van der Waals surface area (Å²) in [6.45, 7) is 0.721. The SMILES string of the molecule is COCCNC(=O)c1ccccc1NC(=O)c1cccc(N(C)S(C)(=O)=O)c1. The molecule has 2 aromatic carbocycles. The van der Waals surface area contributed by atoms with E-state index in [0.717, 1.165) is 10.6 Å². The van der Waals surface area contributed by atoms with Crippen molar-refractivity contribution in [3.8, 4) is 0 Å². The highest BCUT2D eigenvalue weighted by Crippen LogP contribution is 2.20. The average Bonchev–Trinajstić information content (AvgIpc) is 2.67. The van der Waals surface area contributed by atoms with Gasteiger partial charge in [-0.3, -0.25) is 13.9 Å². The van der Waals surface area contributed by atoms with Crippen LogP contribution >= 0.6 is 0 Å². The number of rotatable bonds is 8. The summed E-state index contributed by atoms with van der Waals surface area (Å²) in [6, 6.07) is 12.8. The Bertz CT molecular complexity index is 960. The first kappa shape index (κ1) is 21.4. The van der Waals surface area contributed by atoms with Crippen molar-refractivity contribution in [3.63, 3.8) is 0 Å². The van der Waals surface area contributed by atoms with Gasteiger partial charge in [-0.25, -0.2) is 8.42 Å². The molecule has 0 heterocycles. The van der Waals surface area contributed by atoms with Crippen LogP contribution in [0.2, 0.25) is 0 Å². The summed E-state index contributed by atoms with van der Waals surface area (Å²) in [6.07, 6.45) is 1.08. The highest BCUT2D eigenvalue weighted by Gasteiger charge is 2.16. The molecule has 0 aromatic heterocycles. The highest BCUT2D eigenvalue weighted by molar-refractivity contribution is 7.92. The Labute approximate surface area is 164 Å². The van der Waals surface area contributed by atoms with Gasteiger partial charge in [0.15, 0.2) is 0 Å². The third-order valence-electron chi connectivity index (χ3n) is 3.98. The largest absolute Gasteiger partial charge is 0.383 e. The van der Waals surface area contributed by atoms with Crippen LogP contribution in [0.15, 0.2) is 48.5 Å². The zero-order chi connectivity index (χ0) is 20.7. The van der Waals surface area contributed by atoms with E-state index in [1.165, 1.54) is 20.2 Å². The van der Waals surface area contributed by atoms with E-state index < -0.39 is 15.9 Å². The Morgan fingerprint density at radius 1 is 1.07 bits per heavy atom. The zero-order valence-corrected chi connectivity index (χ0v) is 16.7. The van der Waals surface area contributed by atoms with E-state index in [-0.39, 0.29) is 11.5 Å². The van der Waals surface area contributed by atoms with Gasteiger partial charge in [0, 0.05) is 26.3 Å². The topological polar surface area (TPSA) is 105 Å². The number of ether oxygens (including phenoxy) is 1. The van der Waals surface area contributed by atoms with Crippen LogP contribution in [-0.4, -0.2) is 53.8 Å². The van der Waals surface area contributed by atoms with Crippen molar-refractivity contribution in [2.75, 3.05) is 43.2 Å². The summed E-state index contributed by atoms with van der Waals surface area (Å²) in [5.41, 5.74) is 1.30. The van der Waals surface area contributed by atoms with Gasteiger partial charge < -0.3 is 15.4 Å². The van der Waals surface area contributed by atoms with Crippen LogP contribution in [0.3, 0.4) is 0 Å². The van der Waals surface area contributed by atoms with Gasteiger partial charge in [0.05, 0.1) is 29.8 Å². The number of sulfonamides is 1. The van der Waals surface area contributed by atoms with E-state index in [1.807, 2.05) is 0 Å². The van der Waals surface area contributed by atoms with Crippen molar-refractivity contribution in [1.82, 2.24) is 5.32 Å². The first-order valence-corrected chi connectivity index (χ1v) is 10.3. The number of amides is 2. The zero-order valence-electron chi connectivity index (χ0n) is 15.9. The van der Waals surface area contributed by atoms with Gasteiger partial charge in [-0.15, -0.1) is 0 Å². The second-order valence-corrected chi connectivity index (χ2v) is 8.04. The Morgan fingerprint density at radius 3 is 2.46 bits per heavy atom. The summed E-state index contributed by atoms with van der Waals surface area (Å²) < 4.78 is 29.4. The van der Waals surface area contributed by atoms with Gasteiger partial charge in [-0.2, -0.15) is 0 Å². The van der Waals surface area contributed by atoms with Crippen LogP contribution < -0.4 is 14.9 Å². The first-order chi connectivity index (χ1) is 13.2.